The molecule has 0 bridgehead atoms. The van der Waals surface area contributed by atoms with E-state index in [0.717, 1.165) is 50.4 Å². The second kappa shape index (κ2) is 27.5. The molecule has 0 spiro atoms. The molecule has 226 valence electrons. The van der Waals surface area contributed by atoms with Gasteiger partial charge in [0.2, 0.25) is 0 Å². The minimum Gasteiger partial charge on any atom is -0.463 e. The van der Waals surface area contributed by atoms with Gasteiger partial charge in [-0.15, -0.1) is 0 Å². The highest BCUT2D eigenvalue weighted by Crippen LogP contribution is 2.16. The minimum absolute atomic E-state index is 0.111. The molecule has 0 saturated heterocycles. The standard InChI is InChI=1S/C33H64O5/c1-5-29(3)23-19-15-11-7-9-13-17-21-25-32(35)37-27-31(34)28-38-33(36)26-22-18-14-10-8-12-16-20-24-30(4)6-2/h29-31,34H,5-28H2,1-4H3. The largest absolute Gasteiger partial charge is 0.463 e. The predicted molar refractivity (Wildman–Crippen MR) is 159 cm³/mol. The van der Waals surface area contributed by atoms with E-state index in [4.69, 9.17) is 9.47 Å². The number of esters is 2. The fraction of sp³-hybridized carbons (Fsp3) is 0.939. The zero-order valence-corrected chi connectivity index (χ0v) is 25.8. The van der Waals surface area contributed by atoms with Gasteiger partial charge in [-0.05, 0) is 24.7 Å². The number of hydrogen-bond donors (Lipinski definition) is 1. The number of ether oxygens (including phenoxy) is 2. The van der Waals surface area contributed by atoms with E-state index in [-0.39, 0.29) is 25.2 Å². The highest BCUT2D eigenvalue weighted by Gasteiger charge is 2.12. The molecular weight excluding hydrogens is 476 g/mol. The molecule has 0 aliphatic rings. The Kier molecular flexibility index (Phi) is 26.7. The Bertz CT molecular complexity index is 489. The molecule has 0 fully saturated rings. The number of aliphatic hydroxyl groups is 1. The molecule has 2 unspecified atom stereocenters. The van der Waals surface area contributed by atoms with E-state index >= 15 is 0 Å². The minimum atomic E-state index is -0.955. The molecule has 0 heterocycles. The molecule has 0 aliphatic heterocycles. The smallest absolute Gasteiger partial charge is 0.305 e. The quantitative estimate of drug-likeness (QED) is 0.0790. The number of aliphatic hydroxyl groups excluding tert-OH is 1. The monoisotopic (exact) mass is 540 g/mol. The average molecular weight is 541 g/mol. The second-order valence-electron chi connectivity index (χ2n) is 11.8. The molecule has 0 aliphatic carbocycles. The average Bonchev–Trinajstić information content (AvgIpc) is 2.92. The van der Waals surface area contributed by atoms with Crippen LogP contribution in [0.3, 0.4) is 0 Å². The van der Waals surface area contributed by atoms with Crippen molar-refractivity contribution in [1.29, 1.82) is 0 Å². The molecule has 0 aromatic carbocycles. The maximum atomic E-state index is 11.9. The van der Waals surface area contributed by atoms with Crippen LogP contribution in [-0.2, 0) is 19.1 Å². The van der Waals surface area contributed by atoms with E-state index in [9.17, 15) is 14.7 Å². The SMILES string of the molecule is CCC(C)CCCCCCCCCCC(=O)OCC(O)COC(=O)CCCCCCCCCCC(C)CC. The number of unbranched alkanes of at least 4 members (excludes halogenated alkanes) is 14. The molecule has 0 amide bonds. The topological polar surface area (TPSA) is 72.8 Å². The fourth-order valence-electron chi connectivity index (χ4n) is 4.62. The number of rotatable bonds is 28. The molecule has 0 radical (unpaired) electrons. The van der Waals surface area contributed by atoms with Crippen LogP contribution >= 0.6 is 0 Å². The molecule has 38 heavy (non-hydrogen) atoms. The van der Waals surface area contributed by atoms with Crippen molar-refractivity contribution in [3.63, 3.8) is 0 Å². The van der Waals surface area contributed by atoms with Crippen LogP contribution in [0.4, 0.5) is 0 Å². The predicted octanol–water partition coefficient (Wildman–Crippen LogP) is 9.33. The van der Waals surface area contributed by atoms with E-state index < -0.39 is 6.10 Å². The molecule has 5 nitrogen and oxygen atoms in total. The Morgan fingerprint density at radius 1 is 0.526 bits per heavy atom. The van der Waals surface area contributed by atoms with E-state index in [2.05, 4.69) is 27.7 Å². The molecule has 0 aromatic heterocycles. The first-order chi connectivity index (χ1) is 18.4. The molecule has 0 saturated carbocycles. The Morgan fingerprint density at radius 3 is 1.13 bits per heavy atom. The van der Waals surface area contributed by atoms with Crippen LogP contribution in [0.2, 0.25) is 0 Å². The van der Waals surface area contributed by atoms with Gasteiger partial charge in [0.1, 0.15) is 19.3 Å². The summed E-state index contributed by atoms with van der Waals surface area (Å²) in [5.74, 6) is 1.16. The maximum Gasteiger partial charge on any atom is 0.305 e. The fourth-order valence-corrected chi connectivity index (χ4v) is 4.62. The van der Waals surface area contributed by atoms with E-state index in [1.807, 2.05) is 0 Å². The highest BCUT2D eigenvalue weighted by molar-refractivity contribution is 5.69. The molecule has 2 atom stereocenters. The lowest BCUT2D eigenvalue weighted by Gasteiger charge is -2.12. The van der Waals surface area contributed by atoms with Crippen LogP contribution in [-0.4, -0.2) is 36.4 Å². The van der Waals surface area contributed by atoms with Gasteiger partial charge in [0.25, 0.3) is 0 Å². The van der Waals surface area contributed by atoms with Gasteiger partial charge in [0.05, 0.1) is 0 Å². The highest BCUT2D eigenvalue weighted by atomic mass is 16.6. The number of carbonyl (C=O) groups excluding carboxylic acids is 2. The Hall–Kier alpha value is -1.10. The van der Waals surface area contributed by atoms with Crippen molar-refractivity contribution in [3.8, 4) is 0 Å². The van der Waals surface area contributed by atoms with Gasteiger partial charge < -0.3 is 14.6 Å². The Balaban J connectivity index is 3.45. The van der Waals surface area contributed by atoms with E-state index in [1.165, 1.54) is 89.9 Å². The van der Waals surface area contributed by atoms with Gasteiger partial charge in [0, 0.05) is 12.8 Å². The Labute approximate surface area is 236 Å². The van der Waals surface area contributed by atoms with Crippen molar-refractivity contribution in [2.75, 3.05) is 13.2 Å². The van der Waals surface area contributed by atoms with Crippen LogP contribution in [0.15, 0.2) is 0 Å². The summed E-state index contributed by atoms with van der Waals surface area (Å²) in [7, 11) is 0. The third-order valence-electron chi connectivity index (χ3n) is 7.92. The van der Waals surface area contributed by atoms with Gasteiger partial charge >= 0.3 is 11.9 Å². The number of hydrogen-bond acceptors (Lipinski definition) is 5. The van der Waals surface area contributed by atoms with Crippen LogP contribution in [0, 0.1) is 11.8 Å². The second-order valence-corrected chi connectivity index (χ2v) is 11.8. The zero-order chi connectivity index (χ0) is 28.3. The lowest BCUT2D eigenvalue weighted by molar-refractivity contribution is -0.152. The summed E-state index contributed by atoms with van der Waals surface area (Å²) in [6.45, 7) is 8.98. The van der Waals surface area contributed by atoms with Crippen molar-refractivity contribution >= 4 is 11.9 Å². The molecule has 5 heteroatoms. The molecule has 0 rings (SSSR count). The Morgan fingerprint density at radius 2 is 0.816 bits per heavy atom. The third-order valence-corrected chi connectivity index (χ3v) is 7.92. The maximum absolute atomic E-state index is 11.9. The summed E-state index contributed by atoms with van der Waals surface area (Å²) in [6, 6.07) is 0. The van der Waals surface area contributed by atoms with Crippen molar-refractivity contribution in [2.24, 2.45) is 11.8 Å². The third kappa shape index (κ3) is 26.5. The van der Waals surface area contributed by atoms with Crippen molar-refractivity contribution in [1.82, 2.24) is 0 Å². The zero-order valence-electron chi connectivity index (χ0n) is 25.8. The summed E-state index contributed by atoms with van der Waals surface area (Å²) in [4.78, 5) is 23.7. The lowest BCUT2D eigenvalue weighted by Crippen LogP contribution is -2.25. The van der Waals surface area contributed by atoms with Gasteiger partial charge in [-0.1, -0.05) is 143 Å². The van der Waals surface area contributed by atoms with Gasteiger partial charge in [-0.2, -0.15) is 0 Å². The van der Waals surface area contributed by atoms with E-state index in [0.29, 0.717) is 12.8 Å². The normalized spacial score (nSPS) is 13.7. The lowest BCUT2D eigenvalue weighted by atomic mass is 9.99. The summed E-state index contributed by atoms with van der Waals surface area (Å²) < 4.78 is 10.3. The van der Waals surface area contributed by atoms with Crippen molar-refractivity contribution < 1.29 is 24.2 Å². The van der Waals surface area contributed by atoms with Crippen LogP contribution in [0.1, 0.15) is 169 Å². The van der Waals surface area contributed by atoms with Crippen LogP contribution in [0.25, 0.3) is 0 Å². The van der Waals surface area contributed by atoms with Crippen molar-refractivity contribution in [2.45, 2.75) is 175 Å². The van der Waals surface area contributed by atoms with Crippen LogP contribution < -0.4 is 0 Å². The van der Waals surface area contributed by atoms with Crippen LogP contribution in [0.5, 0.6) is 0 Å². The summed E-state index contributed by atoms with van der Waals surface area (Å²) >= 11 is 0. The first-order valence-electron chi connectivity index (χ1n) is 16.4. The molecule has 1 N–H and O–H groups in total. The summed E-state index contributed by atoms with van der Waals surface area (Å²) in [5.41, 5.74) is 0. The first kappa shape index (κ1) is 36.9. The summed E-state index contributed by atoms with van der Waals surface area (Å²) in [6.07, 6.45) is 24.2. The molecular formula is C33H64O5. The van der Waals surface area contributed by atoms with Gasteiger partial charge in [-0.3, -0.25) is 9.59 Å². The first-order valence-corrected chi connectivity index (χ1v) is 16.4. The summed E-state index contributed by atoms with van der Waals surface area (Å²) in [5, 5.41) is 9.94. The van der Waals surface area contributed by atoms with Gasteiger partial charge in [0.15, 0.2) is 0 Å². The van der Waals surface area contributed by atoms with Gasteiger partial charge in [-0.25, -0.2) is 0 Å². The number of carbonyl (C=O) groups is 2. The van der Waals surface area contributed by atoms with Crippen molar-refractivity contribution in [3.05, 3.63) is 0 Å². The molecule has 0 aromatic rings. The van der Waals surface area contributed by atoms with E-state index in [1.54, 1.807) is 0 Å².